The average molecular weight is 407 g/mol. The van der Waals surface area contributed by atoms with E-state index in [-0.39, 0.29) is 0 Å². The predicted molar refractivity (Wildman–Crippen MR) is 110 cm³/mol. The van der Waals surface area contributed by atoms with E-state index in [1.54, 1.807) is 0 Å². The molecule has 2 fully saturated rings. The van der Waals surface area contributed by atoms with E-state index in [0.29, 0.717) is 0 Å². The summed E-state index contributed by atoms with van der Waals surface area (Å²) in [6.07, 6.45) is 4.87. The number of aryl methyl sites for hydroxylation is 2. The minimum atomic E-state index is -0.676. The Morgan fingerprint density at radius 2 is 1.81 bits per heavy atom. The molecule has 146 valence electrons. The van der Waals surface area contributed by atoms with Gasteiger partial charge in [-0.25, -0.2) is 9.97 Å². The number of fused-ring (bicyclic) bond motifs is 3. The van der Waals surface area contributed by atoms with E-state index in [9.17, 15) is 4.21 Å². The lowest BCUT2D eigenvalue weighted by Gasteiger charge is -2.29. The second kappa shape index (κ2) is 7.73. The van der Waals surface area contributed by atoms with Crippen molar-refractivity contribution in [3.8, 4) is 0 Å². The Balaban J connectivity index is 1.55. The van der Waals surface area contributed by atoms with Gasteiger partial charge in [-0.05, 0) is 31.2 Å². The van der Waals surface area contributed by atoms with Gasteiger partial charge in [0.1, 0.15) is 16.5 Å². The first-order valence-corrected chi connectivity index (χ1v) is 12.3. The maximum absolute atomic E-state index is 11.9. The molecule has 2 aromatic rings. The molecule has 0 radical (unpaired) electrons. The molecule has 1 aliphatic carbocycles. The first-order chi connectivity index (χ1) is 13.3. The van der Waals surface area contributed by atoms with Gasteiger partial charge in [-0.3, -0.25) is 9.11 Å². The smallest absolute Gasteiger partial charge is 0.146 e. The summed E-state index contributed by atoms with van der Waals surface area (Å²) in [7, 11) is -0.676. The summed E-state index contributed by atoms with van der Waals surface area (Å²) in [5, 5.41) is 1.29. The largest absolute Gasteiger partial charge is 0.379 e. The van der Waals surface area contributed by atoms with Gasteiger partial charge in [-0.2, -0.15) is 0 Å². The zero-order valence-electron chi connectivity index (χ0n) is 15.6. The van der Waals surface area contributed by atoms with Gasteiger partial charge < -0.3 is 9.64 Å². The zero-order valence-corrected chi connectivity index (χ0v) is 17.2. The van der Waals surface area contributed by atoms with Crippen LogP contribution in [0.5, 0.6) is 0 Å². The molecule has 0 spiro atoms. The number of thiophene rings is 1. The van der Waals surface area contributed by atoms with Crippen molar-refractivity contribution in [2.45, 2.75) is 32.2 Å². The molecule has 4 heterocycles. The molecule has 27 heavy (non-hydrogen) atoms. The molecule has 2 saturated heterocycles. The van der Waals surface area contributed by atoms with Crippen molar-refractivity contribution in [3.63, 3.8) is 0 Å². The van der Waals surface area contributed by atoms with Crippen LogP contribution < -0.4 is 4.90 Å². The molecule has 5 rings (SSSR count). The molecular formula is C19H26N4O2S2. The van der Waals surface area contributed by atoms with Crippen LogP contribution in [0.1, 0.15) is 29.1 Å². The van der Waals surface area contributed by atoms with E-state index in [2.05, 4.69) is 9.80 Å². The standard InChI is InChI=1S/C19H26N4O2S2/c24-27-11-7-23(8-12-27)18-17-14-3-1-2-4-15(14)26-19(17)21-16(20-18)13-22-5-9-25-10-6-22/h1-13H2. The van der Waals surface area contributed by atoms with Crippen molar-refractivity contribution in [1.29, 1.82) is 0 Å². The SMILES string of the molecule is O=S1CCN(c2nc(CN3CCOCC3)nc3sc4c(c23)CCCC4)CC1. The van der Waals surface area contributed by atoms with E-state index in [0.717, 1.165) is 80.3 Å². The van der Waals surface area contributed by atoms with Gasteiger partial charge in [0, 0.05) is 53.4 Å². The van der Waals surface area contributed by atoms with Gasteiger partial charge in [0.2, 0.25) is 0 Å². The van der Waals surface area contributed by atoms with Gasteiger partial charge in [-0.15, -0.1) is 11.3 Å². The normalized spacial score (nSPS) is 22.3. The fourth-order valence-electron chi connectivity index (χ4n) is 4.29. The van der Waals surface area contributed by atoms with Crippen LogP contribution in [0, 0.1) is 0 Å². The van der Waals surface area contributed by atoms with E-state index >= 15 is 0 Å². The van der Waals surface area contributed by atoms with Crippen LogP contribution in [0.15, 0.2) is 0 Å². The highest BCUT2D eigenvalue weighted by molar-refractivity contribution is 7.85. The van der Waals surface area contributed by atoms with Gasteiger partial charge in [0.05, 0.1) is 25.1 Å². The number of hydrogen-bond acceptors (Lipinski definition) is 7. The van der Waals surface area contributed by atoms with E-state index in [1.807, 2.05) is 11.3 Å². The van der Waals surface area contributed by atoms with Crippen LogP contribution in [-0.2, 0) is 34.9 Å². The van der Waals surface area contributed by atoms with Crippen molar-refractivity contribution in [2.24, 2.45) is 0 Å². The van der Waals surface area contributed by atoms with E-state index in [4.69, 9.17) is 14.7 Å². The molecule has 8 heteroatoms. The monoisotopic (exact) mass is 406 g/mol. The molecule has 0 N–H and O–H groups in total. The van der Waals surface area contributed by atoms with Crippen LogP contribution in [-0.4, -0.2) is 70.0 Å². The predicted octanol–water partition coefficient (Wildman–Crippen LogP) is 1.97. The van der Waals surface area contributed by atoms with Gasteiger partial charge in [-0.1, -0.05) is 0 Å². The highest BCUT2D eigenvalue weighted by atomic mass is 32.2. The molecule has 0 bridgehead atoms. The summed E-state index contributed by atoms with van der Waals surface area (Å²) in [4.78, 5) is 17.5. The lowest BCUT2D eigenvalue weighted by Crippen LogP contribution is -2.39. The summed E-state index contributed by atoms with van der Waals surface area (Å²) in [5.74, 6) is 3.51. The van der Waals surface area contributed by atoms with Gasteiger partial charge >= 0.3 is 0 Å². The maximum Gasteiger partial charge on any atom is 0.146 e. The Morgan fingerprint density at radius 3 is 2.63 bits per heavy atom. The van der Waals surface area contributed by atoms with Crippen LogP contribution in [0.4, 0.5) is 5.82 Å². The third-order valence-corrected chi connectivity index (χ3v) is 8.25. The topological polar surface area (TPSA) is 58.6 Å². The lowest BCUT2D eigenvalue weighted by molar-refractivity contribution is 0.0331. The van der Waals surface area contributed by atoms with Crippen molar-refractivity contribution in [2.75, 3.05) is 55.8 Å². The summed E-state index contributed by atoms with van der Waals surface area (Å²) in [5.41, 5.74) is 1.49. The number of rotatable bonds is 3. The first kappa shape index (κ1) is 18.0. The number of anilines is 1. The molecule has 0 aromatic carbocycles. The number of morpholine rings is 1. The average Bonchev–Trinajstić information content (AvgIpc) is 3.07. The minimum Gasteiger partial charge on any atom is -0.379 e. The fourth-order valence-corrected chi connectivity index (χ4v) is 6.62. The van der Waals surface area contributed by atoms with Crippen LogP contribution in [0.3, 0.4) is 0 Å². The molecular weight excluding hydrogens is 380 g/mol. The second-order valence-electron chi connectivity index (χ2n) is 7.58. The highest BCUT2D eigenvalue weighted by Gasteiger charge is 2.26. The lowest BCUT2D eigenvalue weighted by atomic mass is 9.97. The molecule has 2 aliphatic heterocycles. The molecule has 0 unspecified atom stereocenters. The van der Waals surface area contributed by atoms with E-state index < -0.39 is 10.8 Å². The van der Waals surface area contributed by atoms with Crippen LogP contribution in [0.2, 0.25) is 0 Å². The van der Waals surface area contributed by atoms with Crippen molar-refractivity contribution < 1.29 is 8.95 Å². The summed E-state index contributed by atoms with van der Waals surface area (Å²) >= 11 is 1.87. The van der Waals surface area contributed by atoms with Crippen molar-refractivity contribution in [3.05, 3.63) is 16.3 Å². The van der Waals surface area contributed by atoms with Gasteiger partial charge in [0.25, 0.3) is 0 Å². The summed E-state index contributed by atoms with van der Waals surface area (Å²) < 4.78 is 17.3. The molecule has 0 saturated carbocycles. The van der Waals surface area contributed by atoms with Crippen LogP contribution >= 0.6 is 11.3 Å². The quantitative estimate of drug-likeness (QED) is 0.777. The molecule has 0 amide bonds. The number of aromatic nitrogens is 2. The number of nitrogens with zero attached hydrogens (tertiary/aromatic N) is 4. The second-order valence-corrected chi connectivity index (χ2v) is 10.4. The number of hydrogen-bond donors (Lipinski definition) is 0. The summed E-state index contributed by atoms with van der Waals surface area (Å²) in [6.45, 7) is 5.93. The third kappa shape index (κ3) is 3.64. The molecule has 3 aliphatic rings. The van der Waals surface area contributed by atoms with E-state index in [1.165, 1.54) is 35.1 Å². The third-order valence-electron chi connectivity index (χ3n) is 5.79. The fraction of sp³-hybridized carbons (Fsp3) is 0.684. The summed E-state index contributed by atoms with van der Waals surface area (Å²) in [6, 6.07) is 0. The zero-order chi connectivity index (χ0) is 18.2. The molecule has 0 atom stereocenters. The van der Waals surface area contributed by atoms with Crippen LogP contribution in [0.25, 0.3) is 10.2 Å². The van der Waals surface area contributed by atoms with Crippen molar-refractivity contribution >= 4 is 38.2 Å². The highest BCUT2D eigenvalue weighted by Crippen LogP contribution is 2.40. The Kier molecular flexibility index (Phi) is 5.15. The van der Waals surface area contributed by atoms with Gasteiger partial charge in [0.15, 0.2) is 0 Å². The molecule has 6 nitrogen and oxygen atoms in total. The Labute approximate surface area is 166 Å². The van der Waals surface area contributed by atoms with Crippen molar-refractivity contribution in [1.82, 2.24) is 14.9 Å². The Hall–Kier alpha value is -1.09. The molecule has 2 aromatic heterocycles. The minimum absolute atomic E-state index is 0.676. The number of ether oxygens (including phenoxy) is 1. The first-order valence-electron chi connectivity index (χ1n) is 9.99. The Bertz CT molecular complexity index is 853. The Morgan fingerprint density at radius 1 is 1.04 bits per heavy atom. The maximum atomic E-state index is 11.9.